The monoisotopic (exact) mass is 1120 g/mol. The van der Waals surface area contributed by atoms with Crippen molar-refractivity contribution in [2.24, 2.45) is 0 Å². The number of hydrogen-bond donors (Lipinski definition) is 0. The van der Waals surface area contributed by atoms with Crippen LogP contribution < -0.4 is 4.90 Å². The zero-order valence-electron chi connectivity index (χ0n) is 53.3. The summed E-state index contributed by atoms with van der Waals surface area (Å²) in [6.45, 7) is 34.9. The minimum atomic E-state index is -0.107. The summed E-state index contributed by atoms with van der Waals surface area (Å²) in [4.78, 5) is 2.57. The van der Waals surface area contributed by atoms with E-state index in [1.165, 1.54) is 127 Å². The molecule has 0 fully saturated rings. The maximum Gasteiger partial charge on any atom is 0.0541 e. The van der Waals surface area contributed by atoms with Crippen LogP contribution in [0, 0.1) is 0 Å². The molecule has 13 rings (SSSR count). The van der Waals surface area contributed by atoms with E-state index in [0.29, 0.717) is 0 Å². The smallest absolute Gasteiger partial charge is 0.0541 e. The van der Waals surface area contributed by atoms with Crippen molar-refractivity contribution >= 4 is 71.2 Å². The highest BCUT2D eigenvalue weighted by Crippen LogP contribution is 2.50. The van der Waals surface area contributed by atoms with Crippen molar-refractivity contribution in [2.45, 2.75) is 131 Å². The molecule has 0 N–H and O–H groups in total. The summed E-state index contributed by atoms with van der Waals surface area (Å²) < 4.78 is 2.54. The summed E-state index contributed by atoms with van der Waals surface area (Å²) in [6, 6.07) is 86.1. The maximum atomic E-state index is 2.57. The summed E-state index contributed by atoms with van der Waals surface area (Å²) in [6.07, 6.45) is 0. The Bertz CT molecular complexity index is 4650. The lowest BCUT2D eigenvalue weighted by Gasteiger charge is -2.31. The molecule has 2 nitrogen and oxygen atoms in total. The van der Waals surface area contributed by atoms with Gasteiger partial charge in [0, 0.05) is 32.8 Å². The molecule has 0 saturated heterocycles. The summed E-state index contributed by atoms with van der Waals surface area (Å²) in [5, 5.41) is 10.0. The van der Waals surface area contributed by atoms with Crippen molar-refractivity contribution < 1.29 is 0 Å². The molecule has 0 radical (unpaired) electrons. The Morgan fingerprint density at radius 1 is 0.267 bits per heavy atom. The molecule has 0 aliphatic heterocycles. The van der Waals surface area contributed by atoms with Crippen LogP contribution in [0.2, 0.25) is 0 Å². The number of hydrogen-bond acceptors (Lipinski definition) is 1. The van der Waals surface area contributed by atoms with Crippen LogP contribution in [0.1, 0.15) is 132 Å². The van der Waals surface area contributed by atoms with Crippen molar-refractivity contribution in [2.75, 3.05) is 4.90 Å². The van der Waals surface area contributed by atoms with Crippen LogP contribution in [0.25, 0.3) is 104 Å². The van der Waals surface area contributed by atoms with Crippen molar-refractivity contribution in [3.8, 4) is 50.2 Å². The number of fused-ring (bicyclic) bond motifs is 3. The second kappa shape index (κ2) is 20.5. The maximum absolute atomic E-state index is 2.57. The van der Waals surface area contributed by atoms with Crippen LogP contribution >= 0.6 is 0 Å². The van der Waals surface area contributed by atoms with Crippen molar-refractivity contribution in [3.05, 3.63) is 252 Å². The number of rotatable bonds is 8. The van der Waals surface area contributed by atoms with Crippen LogP contribution in [-0.2, 0) is 27.1 Å². The van der Waals surface area contributed by atoms with Gasteiger partial charge in [-0.15, -0.1) is 0 Å². The molecule has 0 atom stereocenters. The Kier molecular flexibility index (Phi) is 13.4. The fourth-order valence-electron chi connectivity index (χ4n) is 13.2. The SMILES string of the molecule is CC(C)(C)c1cc(-c2cccc(-c3cc(C(C)(C)C)ccc3N(c3cccc(-c4ccccc4-c4ccccc4)c3)c3ccc4ccc5c(-n6c7ccc(C(C)(C)C)cc7c7cc(C(C)(C)C)ccc76)ccc6ccc3c4c65)c2)cc(C(C)(C)C)c1. The zero-order valence-corrected chi connectivity index (χ0v) is 53.3. The lowest BCUT2D eigenvalue weighted by Crippen LogP contribution is -2.16. The van der Waals surface area contributed by atoms with Gasteiger partial charge in [0.2, 0.25) is 0 Å². The number of benzene rings is 12. The third kappa shape index (κ3) is 10.1. The van der Waals surface area contributed by atoms with E-state index in [-0.39, 0.29) is 27.1 Å². The topological polar surface area (TPSA) is 8.17 Å². The first-order valence-electron chi connectivity index (χ1n) is 31.1. The summed E-state index contributed by atoms with van der Waals surface area (Å²) in [5.41, 5.74) is 23.1. The van der Waals surface area contributed by atoms with E-state index in [0.717, 1.165) is 22.6 Å². The van der Waals surface area contributed by atoms with Gasteiger partial charge in [-0.05, 0) is 182 Å². The molecule has 12 aromatic carbocycles. The van der Waals surface area contributed by atoms with E-state index in [1.54, 1.807) is 0 Å². The van der Waals surface area contributed by atoms with E-state index < -0.39 is 0 Å². The number of aromatic nitrogens is 1. The molecule has 1 heterocycles. The molecule has 0 saturated carbocycles. The molecule has 0 spiro atoms. The van der Waals surface area contributed by atoms with Gasteiger partial charge in [-0.1, -0.05) is 262 Å². The molecule has 0 aliphatic rings. The molecule has 13 aromatic rings. The molecule has 1 aromatic heterocycles. The van der Waals surface area contributed by atoms with Gasteiger partial charge in [-0.2, -0.15) is 0 Å². The minimum Gasteiger partial charge on any atom is -0.309 e. The third-order valence-electron chi connectivity index (χ3n) is 18.3. The van der Waals surface area contributed by atoms with Crippen molar-refractivity contribution in [3.63, 3.8) is 0 Å². The Hall–Kier alpha value is -8.72. The predicted octanol–water partition coefficient (Wildman–Crippen LogP) is 24.3. The second-order valence-corrected chi connectivity index (χ2v) is 29.6. The highest BCUT2D eigenvalue weighted by atomic mass is 15.1. The molecule has 428 valence electrons. The van der Waals surface area contributed by atoms with Gasteiger partial charge in [0.15, 0.2) is 0 Å². The Labute approximate surface area is 511 Å². The lowest BCUT2D eigenvalue weighted by molar-refractivity contribution is 0.569. The van der Waals surface area contributed by atoms with Gasteiger partial charge in [0.05, 0.1) is 28.1 Å². The van der Waals surface area contributed by atoms with E-state index in [4.69, 9.17) is 0 Å². The zero-order chi connectivity index (χ0) is 60.4. The Morgan fingerprint density at radius 3 is 1.31 bits per heavy atom. The summed E-state index contributed by atoms with van der Waals surface area (Å²) in [7, 11) is 0. The molecular formula is C84H82N2. The standard InChI is InChI=1S/C84H82N2/c1-80(2,3)60-35-42-75(70(50-60)57-26-21-25-56(45-57)59-46-63(83(10,11)12)49-64(47-59)84(13,14)15)85(65-28-22-27-58(48-65)67-30-20-19-29-66(67)53-23-17-16-18-24-53)73-40-33-54-32-39-69-74(41-34-55-31-38-68(73)78(54)79(55)69)86-76-43-36-61(81(4,5)6)51-71(76)72-52-62(82(7,8)9)37-44-77(72)86/h16-52H,1-15H3. The third-order valence-corrected chi connectivity index (χ3v) is 18.3. The molecule has 2 heteroatoms. The van der Waals surface area contributed by atoms with Crippen LogP contribution in [0.3, 0.4) is 0 Å². The summed E-state index contributed by atoms with van der Waals surface area (Å²) in [5.74, 6) is 0. The quantitative estimate of drug-likeness (QED) is 0.138. The van der Waals surface area contributed by atoms with Crippen molar-refractivity contribution in [1.82, 2.24) is 4.57 Å². The van der Waals surface area contributed by atoms with Gasteiger partial charge in [0.1, 0.15) is 0 Å². The first-order valence-corrected chi connectivity index (χ1v) is 31.1. The van der Waals surface area contributed by atoms with E-state index in [2.05, 4.69) is 338 Å². The second-order valence-electron chi connectivity index (χ2n) is 29.6. The van der Waals surface area contributed by atoms with E-state index >= 15 is 0 Å². The summed E-state index contributed by atoms with van der Waals surface area (Å²) >= 11 is 0. The fraction of sp³-hybridized carbons (Fsp3) is 0.238. The average Bonchev–Trinajstić information content (AvgIpc) is 1.01. The molecular weight excluding hydrogens is 1040 g/mol. The molecule has 0 amide bonds. The van der Waals surface area contributed by atoms with E-state index in [1.807, 2.05) is 0 Å². The van der Waals surface area contributed by atoms with Gasteiger partial charge < -0.3 is 9.47 Å². The minimum absolute atomic E-state index is 0.00531. The average molecular weight is 1120 g/mol. The van der Waals surface area contributed by atoms with Gasteiger partial charge in [-0.3, -0.25) is 0 Å². The van der Waals surface area contributed by atoms with Gasteiger partial charge >= 0.3 is 0 Å². The lowest BCUT2D eigenvalue weighted by atomic mass is 9.78. The first kappa shape index (κ1) is 56.4. The fourth-order valence-corrected chi connectivity index (χ4v) is 13.2. The largest absolute Gasteiger partial charge is 0.309 e. The molecule has 0 aliphatic carbocycles. The number of anilines is 3. The molecule has 0 bridgehead atoms. The Morgan fingerprint density at radius 2 is 0.721 bits per heavy atom. The van der Waals surface area contributed by atoms with Crippen LogP contribution in [0.5, 0.6) is 0 Å². The first-order chi connectivity index (χ1) is 40.8. The van der Waals surface area contributed by atoms with E-state index in [9.17, 15) is 0 Å². The highest BCUT2D eigenvalue weighted by Gasteiger charge is 2.28. The molecule has 0 unspecified atom stereocenters. The van der Waals surface area contributed by atoms with Crippen molar-refractivity contribution in [1.29, 1.82) is 0 Å². The van der Waals surface area contributed by atoms with Crippen LogP contribution in [0.15, 0.2) is 224 Å². The van der Waals surface area contributed by atoms with Crippen LogP contribution in [-0.4, -0.2) is 4.57 Å². The molecule has 86 heavy (non-hydrogen) atoms. The normalized spacial score (nSPS) is 12.8. The Balaban J connectivity index is 1.08. The van der Waals surface area contributed by atoms with Gasteiger partial charge in [0.25, 0.3) is 0 Å². The predicted molar refractivity (Wildman–Crippen MR) is 374 cm³/mol. The van der Waals surface area contributed by atoms with Crippen LogP contribution in [0.4, 0.5) is 17.1 Å². The van der Waals surface area contributed by atoms with Gasteiger partial charge in [-0.25, -0.2) is 0 Å². The highest BCUT2D eigenvalue weighted by molar-refractivity contribution is 6.28. The number of nitrogens with zero attached hydrogens (tertiary/aromatic N) is 2.